The first-order chi connectivity index (χ1) is 6.45. The van der Waals surface area contributed by atoms with Crippen LogP contribution < -0.4 is 5.73 Å². The summed E-state index contributed by atoms with van der Waals surface area (Å²) in [7, 11) is 0. The highest BCUT2D eigenvalue weighted by Gasteiger charge is 2.18. The van der Waals surface area contributed by atoms with Gasteiger partial charge in [0.15, 0.2) is 0 Å². The smallest absolute Gasteiger partial charge is 0.149 e. The number of rotatable bonds is 2. The van der Waals surface area contributed by atoms with Crippen molar-refractivity contribution in [1.29, 1.82) is 0 Å². The van der Waals surface area contributed by atoms with Crippen molar-refractivity contribution < 1.29 is 8.78 Å². The van der Waals surface area contributed by atoms with Crippen LogP contribution in [-0.2, 0) is 0 Å². The van der Waals surface area contributed by atoms with E-state index in [9.17, 15) is 8.78 Å². The van der Waals surface area contributed by atoms with Gasteiger partial charge >= 0.3 is 0 Å². The van der Waals surface area contributed by atoms with Crippen molar-refractivity contribution in [3.8, 4) is 0 Å². The van der Waals surface area contributed by atoms with Gasteiger partial charge in [-0.2, -0.15) is 0 Å². The average Bonchev–Trinajstić information content (AvgIpc) is 2.13. The maximum absolute atomic E-state index is 13.4. The van der Waals surface area contributed by atoms with Gasteiger partial charge in [-0.1, -0.05) is 31.5 Å². The fraction of sp³-hybridized carbons (Fsp3) is 0.400. The van der Waals surface area contributed by atoms with Crippen molar-refractivity contribution in [2.75, 3.05) is 0 Å². The maximum atomic E-state index is 13.4. The molecule has 0 fully saturated rings. The minimum Gasteiger partial charge on any atom is -0.324 e. The minimum atomic E-state index is -0.760. The molecule has 0 saturated heterocycles. The lowest BCUT2D eigenvalue weighted by molar-refractivity contribution is 0.480. The van der Waals surface area contributed by atoms with E-state index in [-0.39, 0.29) is 11.5 Å². The summed E-state index contributed by atoms with van der Waals surface area (Å²) in [6.07, 6.45) is 0. The lowest BCUT2D eigenvalue weighted by Gasteiger charge is -2.17. The zero-order chi connectivity index (χ0) is 10.9. The summed E-state index contributed by atoms with van der Waals surface area (Å²) in [4.78, 5) is 0. The van der Waals surface area contributed by atoms with Gasteiger partial charge in [-0.3, -0.25) is 0 Å². The van der Waals surface area contributed by atoms with Gasteiger partial charge in [-0.25, -0.2) is 8.78 Å². The van der Waals surface area contributed by atoms with Crippen LogP contribution in [0.2, 0.25) is 5.02 Å². The van der Waals surface area contributed by atoms with Crippen LogP contribution in [0.4, 0.5) is 8.78 Å². The lowest BCUT2D eigenvalue weighted by Crippen LogP contribution is -2.18. The topological polar surface area (TPSA) is 26.0 Å². The molecule has 0 heterocycles. The van der Waals surface area contributed by atoms with Crippen LogP contribution in [0, 0.1) is 17.6 Å². The number of hydrogen-bond donors (Lipinski definition) is 1. The summed E-state index contributed by atoms with van der Waals surface area (Å²) in [6, 6.07) is 2.00. The van der Waals surface area contributed by atoms with Crippen molar-refractivity contribution in [1.82, 2.24) is 0 Å². The standard InChI is InChI=1S/C10H12ClF2N/c1-5(2)10(14)6-3-4-7(12)8(11)9(6)13/h3-5,10H,14H2,1-2H3/t10-/m1/s1. The zero-order valence-corrected chi connectivity index (χ0v) is 8.78. The molecule has 0 unspecified atom stereocenters. The normalized spacial score (nSPS) is 13.4. The Balaban J connectivity index is 3.17. The van der Waals surface area contributed by atoms with Gasteiger partial charge < -0.3 is 5.73 Å². The molecule has 1 rings (SSSR count). The SMILES string of the molecule is CC(C)[C@@H](N)c1ccc(F)c(Cl)c1F. The first kappa shape index (κ1) is 11.4. The molecule has 4 heteroatoms. The molecule has 0 aromatic heterocycles. The number of hydrogen-bond acceptors (Lipinski definition) is 1. The predicted molar refractivity (Wildman–Crippen MR) is 53.1 cm³/mol. The monoisotopic (exact) mass is 219 g/mol. The van der Waals surface area contributed by atoms with E-state index >= 15 is 0 Å². The lowest BCUT2D eigenvalue weighted by atomic mass is 9.96. The highest BCUT2D eigenvalue weighted by molar-refractivity contribution is 6.30. The Kier molecular flexibility index (Phi) is 3.45. The van der Waals surface area contributed by atoms with E-state index in [1.807, 2.05) is 13.8 Å². The van der Waals surface area contributed by atoms with Crippen molar-refractivity contribution in [3.63, 3.8) is 0 Å². The van der Waals surface area contributed by atoms with Crippen molar-refractivity contribution in [2.45, 2.75) is 19.9 Å². The predicted octanol–water partition coefficient (Wildman–Crippen LogP) is 3.27. The zero-order valence-electron chi connectivity index (χ0n) is 8.02. The quantitative estimate of drug-likeness (QED) is 0.759. The third-order valence-corrected chi connectivity index (χ3v) is 2.49. The fourth-order valence-electron chi connectivity index (χ4n) is 1.16. The molecule has 1 aromatic carbocycles. The van der Waals surface area contributed by atoms with Crippen molar-refractivity contribution in [3.05, 3.63) is 34.4 Å². The molecular weight excluding hydrogens is 208 g/mol. The first-order valence-corrected chi connectivity index (χ1v) is 4.72. The summed E-state index contributed by atoms with van der Waals surface area (Å²) >= 11 is 5.43. The van der Waals surface area contributed by atoms with Gasteiger partial charge in [0.2, 0.25) is 0 Å². The third kappa shape index (κ3) is 2.04. The number of halogens is 3. The van der Waals surface area contributed by atoms with Crippen LogP contribution in [0.25, 0.3) is 0 Å². The molecule has 0 radical (unpaired) electrons. The molecular formula is C10H12ClF2N. The summed E-state index contributed by atoms with van der Waals surface area (Å²) in [5.74, 6) is -1.44. The van der Waals surface area contributed by atoms with Gasteiger partial charge in [0.05, 0.1) is 0 Å². The second-order valence-corrected chi connectivity index (χ2v) is 3.91. The van der Waals surface area contributed by atoms with E-state index in [2.05, 4.69) is 0 Å². The molecule has 0 aliphatic heterocycles. The van der Waals surface area contributed by atoms with Gasteiger partial charge in [-0.15, -0.1) is 0 Å². The second-order valence-electron chi connectivity index (χ2n) is 3.53. The molecule has 0 amide bonds. The molecule has 1 nitrogen and oxygen atoms in total. The Labute approximate surface area is 86.9 Å². The van der Waals surface area contributed by atoms with E-state index in [1.165, 1.54) is 6.07 Å². The second kappa shape index (κ2) is 4.24. The molecule has 2 N–H and O–H groups in total. The number of nitrogens with two attached hydrogens (primary N) is 1. The molecule has 0 aliphatic rings. The van der Waals surface area contributed by atoms with E-state index in [0.29, 0.717) is 0 Å². The third-order valence-electron chi connectivity index (χ3n) is 2.14. The molecule has 1 atom stereocenters. The summed E-state index contributed by atoms with van der Waals surface area (Å²) in [5.41, 5.74) is 5.99. The average molecular weight is 220 g/mol. The Bertz CT molecular complexity index is 339. The maximum Gasteiger partial charge on any atom is 0.149 e. The van der Waals surface area contributed by atoms with Crippen LogP contribution in [0.15, 0.2) is 12.1 Å². The van der Waals surface area contributed by atoms with Crippen LogP contribution in [0.1, 0.15) is 25.5 Å². The molecule has 0 aliphatic carbocycles. The van der Waals surface area contributed by atoms with E-state index in [1.54, 1.807) is 0 Å². The summed E-state index contributed by atoms with van der Waals surface area (Å²) in [6.45, 7) is 3.72. The summed E-state index contributed by atoms with van der Waals surface area (Å²) in [5, 5.41) is -0.487. The van der Waals surface area contributed by atoms with E-state index in [4.69, 9.17) is 17.3 Å². The molecule has 0 spiro atoms. The van der Waals surface area contributed by atoms with Gasteiger partial charge in [0.1, 0.15) is 16.7 Å². The fourth-order valence-corrected chi connectivity index (χ4v) is 1.33. The van der Waals surface area contributed by atoms with E-state index in [0.717, 1.165) is 6.07 Å². The highest BCUT2D eigenvalue weighted by atomic mass is 35.5. The van der Waals surface area contributed by atoms with Crippen LogP contribution in [-0.4, -0.2) is 0 Å². The molecule has 1 aromatic rings. The van der Waals surface area contributed by atoms with Crippen LogP contribution >= 0.6 is 11.6 Å². The van der Waals surface area contributed by atoms with Gasteiger partial charge in [0, 0.05) is 11.6 Å². The Hall–Kier alpha value is -0.670. The Morgan fingerprint density at radius 2 is 1.86 bits per heavy atom. The molecule has 14 heavy (non-hydrogen) atoms. The summed E-state index contributed by atoms with van der Waals surface area (Å²) < 4.78 is 26.2. The Morgan fingerprint density at radius 3 is 2.36 bits per heavy atom. The minimum absolute atomic E-state index is 0.0750. The molecule has 78 valence electrons. The van der Waals surface area contributed by atoms with Crippen LogP contribution in [0.3, 0.4) is 0 Å². The molecule has 0 saturated carbocycles. The number of benzene rings is 1. The highest BCUT2D eigenvalue weighted by Crippen LogP contribution is 2.28. The van der Waals surface area contributed by atoms with Crippen LogP contribution in [0.5, 0.6) is 0 Å². The van der Waals surface area contributed by atoms with E-state index < -0.39 is 22.7 Å². The van der Waals surface area contributed by atoms with Gasteiger partial charge in [-0.05, 0) is 12.0 Å². The van der Waals surface area contributed by atoms with Crippen molar-refractivity contribution >= 4 is 11.6 Å². The molecule has 0 bridgehead atoms. The largest absolute Gasteiger partial charge is 0.324 e. The van der Waals surface area contributed by atoms with Crippen molar-refractivity contribution in [2.24, 2.45) is 11.7 Å². The first-order valence-electron chi connectivity index (χ1n) is 4.34. The Morgan fingerprint density at radius 1 is 1.29 bits per heavy atom. The van der Waals surface area contributed by atoms with Gasteiger partial charge in [0.25, 0.3) is 0 Å².